The third-order valence-corrected chi connectivity index (χ3v) is 2.97. The summed E-state index contributed by atoms with van der Waals surface area (Å²) in [5.74, 6) is 1.17. The second-order valence-electron chi connectivity index (χ2n) is 3.77. The minimum atomic E-state index is 0.449. The van der Waals surface area contributed by atoms with Crippen LogP contribution in [-0.2, 0) is 0 Å². The first kappa shape index (κ1) is 12.8. The van der Waals surface area contributed by atoms with Crippen molar-refractivity contribution in [3.63, 3.8) is 0 Å². The molecule has 0 aliphatic heterocycles. The van der Waals surface area contributed by atoms with Crippen molar-refractivity contribution < 1.29 is 4.74 Å². The molecule has 4 heteroatoms. The van der Waals surface area contributed by atoms with Gasteiger partial charge in [-0.1, -0.05) is 23.2 Å². The highest BCUT2D eigenvalue weighted by molar-refractivity contribution is 6.35. The summed E-state index contributed by atoms with van der Waals surface area (Å²) >= 11 is 11.8. The van der Waals surface area contributed by atoms with Crippen LogP contribution in [0.2, 0.25) is 10.0 Å². The first-order valence-corrected chi connectivity index (χ1v) is 5.99. The monoisotopic (exact) mass is 277 g/mol. The van der Waals surface area contributed by atoms with Crippen molar-refractivity contribution in [1.82, 2.24) is 0 Å². The Morgan fingerprint density at radius 2 is 1.89 bits per heavy atom. The molecule has 0 saturated heterocycles. The lowest BCUT2D eigenvalue weighted by molar-refractivity contribution is 0.482. The number of hydrogen-bond donors (Lipinski definition) is 0. The van der Waals surface area contributed by atoms with E-state index in [1.807, 2.05) is 6.92 Å². The second-order valence-corrected chi connectivity index (χ2v) is 4.61. The summed E-state index contributed by atoms with van der Waals surface area (Å²) in [6.07, 6.45) is 0. The molecule has 0 aliphatic carbocycles. The van der Waals surface area contributed by atoms with Crippen molar-refractivity contribution >= 4 is 23.2 Å². The van der Waals surface area contributed by atoms with Crippen molar-refractivity contribution in [2.75, 3.05) is 0 Å². The van der Waals surface area contributed by atoms with E-state index in [9.17, 15) is 0 Å². The minimum absolute atomic E-state index is 0.449. The lowest BCUT2D eigenvalue weighted by Gasteiger charge is -2.08. The number of halogens is 2. The predicted molar refractivity (Wildman–Crippen MR) is 72.4 cm³/mol. The Labute approximate surface area is 115 Å². The van der Waals surface area contributed by atoms with Gasteiger partial charge in [0.05, 0.1) is 16.7 Å². The van der Waals surface area contributed by atoms with Crippen molar-refractivity contribution in [3.05, 3.63) is 57.6 Å². The first-order valence-electron chi connectivity index (χ1n) is 5.24. The molecule has 0 bridgehead atoms. The fourth-order valence-electron chi connectivity index (χ4n) is 1.51. The average Bonchev–Trinajstić information content (AvgIpc) is 2.33. The van der Waals surface area contributed by atoms with Crippen molar-refractivity contribution in [2.45, 2.75) is 6.92 Å². The zero-order valence-electron chi connectivity index (χ0n) is 9.58. The van der Waals surface area contributed by atoms with Crippen LogP contribution in [0.1, 0.15) is 11.1 Å². The Balaban J connectivity index is 2.29. The molecule has 18 heavy (non-hydrogen) atoms. The molecule has 2 aromatic rings. The molecule has 2 rings (SSSR count). The van der Waals surface area contributed by atoms with Gasteiger partial charge in [-0.05, 0) is 48.9 Å². The number of nitrogens with zero attached hydrogens (tertiary/aromatic N) is 1. The van der Waals surface area contributed by atoms with Crippen LogP contribution >= 0.6 is 23.2 Å². The van der Waals surface area contributed by atoms with Gasteiger partial charge in [0.25, 0.3) is 0 Å². The van der Waals surface area contributed by atoms with Crippen LogP contribution in [0.3, 0.4) is 0 Å². The van der Waals surface area contributed by atoms with Gasteiger partial charge in [-0.3, -0.25) is 0 Å². The molecule has 0 atom stereocenters. The van der Waals surface area contributed by atoms with Gasteiger partial charge in [-0.15, -0.1) is 0 Å². The van der Waals surface area contributed by atoms with Gasteiger partial charge in [-0.25, -0.2) is 0 Å². The molecule has 0 radical (unpaired) electrons. The molecule has 0 spiro atoms. The number of rotatable bonds is 2. The molecule has 0 amide bonds. The lowest BCUT2D eigenvalue weighted by Crippen LogP contribution is -1.88. The van der Waals surface area contributed by atoms with Crippen LogP contribution in [0.25, 0.3) is 0 Å². The predicted octanol–water partition coefficient (Wildman–Crippen LogP) is 4.97. The van der Waals surface area contributed by atoms with E-state index in [1.54, 1.807) is 36.4 Å². The molecule has 0 aromatic heterocycles. The molecule has 2 aromatic carbocycles. The Morgan fingerprint density at radius 1 is 1.11 bits per heavy atom. The van der Waals surface area contributed by atoms with Gasteiger partial charge in [0.1, 0.15) is 11.5 Å². The summed E-state index contributed by atoms with van der Waals surface area (Å²) in [4.78, 5) is 0. The maximum Gasteiger partial charge on any atom is 0.146 e. The Morgan fingerprint density at radius 3 is 2.50 bits per heavy atom. The fraction of sp³-hybridized carbons (Fsp3) is 0.0714. The van der Waals surface area contributed by atoms with Gasteiger partial charge < -0.3 is 4.74 Å². The van der Waals surface area contributed by atoms with Crippen LogP contribution in [0.5, 0.6) is 11.5 Å². The normalized spacial score (nSPS) is 9.89. The first-order chi connectivity index (χ1) is 8.60. The van der Waals surface area contributed by atoms with E-state index in [0.29, 0.717) is 27.1 Å². The van der Waals surface area contributed by atoms with E-state index < -0.39 is 0 Å². The molecule has 0 heterocycles. The highest BCUT2D eigenvalue weighted by atomic mass is 35.5. The SMILES string of the molecule is Cc1cc(Oc2ccc(Cl)cc2Cl)ccc1C#N. The number of ether oxygens (including phenoxy) is 1. The van der Waals surface area contributed by atoms with Crippen molar-refractivity contribution in [2.24, 2.45) is 0 Å². The largest absolute Gasteiger partial charge is 0.456 e. The fourth-order valence-corrected chi connectivity index (χ4v) is 1.96. The van der Waals surface area contributed by atoms with E-state index in [-0.39, 0.29) is 0 Å². The number of nitriles is 1. The summed E-state index contributed by atoms with van der Waals surface area (Å²) < 4.78 is 5.64. The Kier molecular flexibility index (Phi) is 3.76. The second kappa shape index (κ2) is 5.30. The standard InChI is InChI=1S/C14H9Cl2NO/c1-9-6-12(4-2-10(9)8-17)18-14-5-3-11(15)7-13(14)16/h2-7H,1H3. The summed E-state index contributed by atoms with van der Waals surface area (Å²) in [5.41, 5.74) is 1.49. The molecule has 0 unspecified atom stereocenters. The van der Waals surface area contributed by atoms with Gasteiger partial charge in [-0.2, -0.15) is 5.26 Å². The number of benzene rings is 2. The Hall–Kier alpha value is -1.69. The van der Waals surface area contributed by atoms with Gasteiger partial charge in [0.2, 0.25) is 0 Å². The van der Waals surface area contributed by atoms with Gasteiger partial charge >= 0.3 is 0 Å². The van der Waals surface area contributed by atoms with Crippen molar-refractivity contribution in [3.8, 4) is 17.6 Å². The zero-order valence-corrected chi connectivity index (χ0v) is 11.1. The average molecular weight is 278 g/mol. The van der Waals surface area contributed by atoms with Gasteiger partial charge in [0.15, 0.2) is 0 Å². The van der Waals surface area contributed by atoms with Crippen LogP contribution in [0, 0.1) is 18.3 Å². The molecule has 0 N–H and O–H groups in total. The summed E-state index contributed by atoms with van der Waals surface area (Å²) in [6, 6.07) is 12.4. The molecule has 0 aliphatic rings. The van der Waals surface area contributed by atoms with E-state index in [0.717, 1.165) is 5.56 Å². The molecule has 0 saturated carbocycles. The Bertz CT molecular complexity index is 632. The summed E-state index contributed by atoms with van der Waals surface area (Å²) in [5, 5.41) is 9.85. The van der Waals surface area contributed by atoms with Crippen LogP contribution < -0.4 is 4.74 Å². The van der Waals surface area contributed by atoms with Gasteiger partial charge in [0, 0.05) is 5.02 Å². The van der Waals surface area contributed by atoms with E-state index in [2.05, 4.69) is 6.07 Å². The molecule has 2 nitrogen and oxygen atoms in total. The third kappa shape index (κ3) is 2.76. The smallest absolute Gasteiger partial charge is 0.146 e. The lowest BCUT2D eigenvalue weighted by atomic mass is 10.1. The van der Waals surface area contributed by atoms with E-state index in [4.69, 9.17) is 33.2 Å². The van der Waals surface area contributed by atoms with Crippen LogP contribution in [-0.4, -0.2) is 0 Å². The summed E-state index contributed by atoms with van der Waals surface area (Å²) in [6.45, 7) is 1.86. The number of aryl methyl sites for hydroxylation is 1. The van der Waals surface area contributed by atoms with Crippen LogP contribution in [0.15, 0.2) is 36.4 Å². The molecule has 90 valence electrons. The number of hydrogen-bond acceptors (Lipinski definition) is 2. The highest BCUT2D eigenvalue weighted by Gasteiger charge is 2.05. The summed E-state index contributed by atoms with van der Waals surface area (Å²) in [7, 11) is 0. The topological polar surface area (TPSA) is 33.0 Å². The molecular weight excluding hydrogens is 269 g/mol. The quantitative estimate of drug-likeness (QED) is 0.777. The molecule has 0 fully saturated rings. The van der Waals surface area contributed by atoms with E-state index in [1.165, 1.54) is 0 Å². The zero-order chi connectivity index (χ0) is 13.1. The van der Waals surface area contributed by atoms with E-state index >= 15 is 0 Å². The van der Waals surface area contributed by atoms with Crippen molar-refractivity contribution in [1.29, 1.82) is 5.26 Å². The third-order valence-electron chi connectivity index (χ3n) is 2.44. The minimum Gasteiger partial charge on any atom is -0.456 e. The molecular formula is C14H9Cl2NO. The maximum atomic E-state index is 8.85. The maximum absolute atomic E-state index is 8.85. The highest BCUT2D eigenvalue weighted by Crippen LogP contribution is 2.32. The van der Waals surface area contributed by atoms with Crippen LogP contribution in [0.4, 0.5) is 0 Å².